The minimum Gasteiger partial charge on any atom is -0.462 e. The predicted molar refractivity (Wildman–Crippen MR) is 117 cm³/mol. The van der Waals surface area contributed by atoms with Gasteiger partial charge in [0.25, 0.3) is 0 Å². The molecule has 0 amide bonds. The fourth-order valence-corrected chi connectivity index (χ4v) is 3.84. The molecule has 0 atom stereocenters. The summed E-state index contributed by atoms with van der Waals surface area (Å²) in [5, 5.41) is 0. The summed E-state index contributed by atoms with van der Waals surface area (Å²) >= 11 is 0. The Balaban J connectivity index is 1.98. The first-order valence-corrected chi connectivity index (χ1v) is 11.2. The molecule has 0 unspecified atom stereocenters. The molecule has 164 valence electrons. The Morgan fingerprint density at radius 1 is 0.710 bits per heavy atom. The maximum Gasteiger partial charge on any atom is 0.333 e. The lowest BCUT2D eigenvalue weighted by molar-refractivity contribution is -0.139. The molecule has 0 bridgehead atoms. The van der Waals surface area contributed by atoms with E-state index in [1.165, 1.54) is 24.3 Å². The lowest BCUT2D eigenvalue weighted by Gasteiger charge is -2.08. The second kappa shape index (κ2) is 10.7. The third-order valence-corrected chi connectivity index (χ3v) is 6.20. The molecule has 0 aromatic heterocycles. The van der Waals surface area contributed by atoms with Crippen molar-refractivity contribution in [3.63, 3.8) is 0 Å². The van der Waals surface area contributed by atoms with Crippen LogP contribution in [0, 0.1) is 0 Å². The van der Waals surface area contributed by atoms with Crippen LogP contribution in [0.25, 0.3) is 0 Å². The number of esters is 2. The van der Waals surface area contributed by atoms with Crippen molar-refractivity contribution >= 4 is 21.8 Å². The van der Waals surface area contributed by atoms with Gasteiger partial charge < -0.3 is 9.47 Å². The van der Waals surface area contributed by atoms with E-state index in [1.54, 1.807) is 38.1 Å². The van der Waals surface area contributed by atoms with Crippen molar-refractivity contribution in [2.24, 2.45) is 0 Å². The molecule has 7 heteroatoms. The highest BCUT2D eigenvalue weighted by Crippen LogP contribution is 2.22. The van der Waals surface area contributed by atoms with Crippen molar-refractivity contribution in [2.45, 2.75) is 36.5 Å². The van der Waals surface area contributed by atoms with Crippen LogP contribution in [-0.4, -0.2) is 33.6 Å². The first-order chi connectivity index (χ1) is 14.6. The fraction of sp³-hybridized carbons (Fsp3) is 0.250. The van der Waals surface area contributed by atoms with Crippen LogP contribution in [0.4, 0.5) is 0 Å². The van der Waals surface area contributed by atoms with E-state index < -0.39 is 21.8 Å². The highest BCUT2D eigenvalue weighted by Gasteiger charge is 2.17. The van der Waals surface area contributed by atoms with Crippen LogP contribution in [0.5, 0.6) is 0 Å². The second-order valence-corrected chi connectivity index (χ2v) is 9.07. The van der Waals surface area contributed by atoms with Gasteiger partial charge in [0.1, 0.15) is 0 Å². The molecule has 2 aromatic rings. The van der Waals surface area contributed by atoms with Crippen molar-refractivity contribution in [1.82, 2.24) is 0 Å². The van der Waals surface area contributed by atoms with Gasteiger partial charge in [0.05, 0.1) is 23.0 Å². The Morgan fingerprint density at radius 3 is 1.32 bits per heavy atom. The van der Waals surface area contributed by atoms with Gasteiger partial charge in [-0.3, -0.25) is 0 Å². The molecule has 2 rings (SSSR count). The minimum absolute atomic E-state index is 0.179. The third-order valence-electron chi connectivity index (χ3n) is 4.41. The van der Waals surface area contributed by atoms with Crippen LogP contribution in [0.2, 0.25) is 0 Å². The van der Waals surface area contributed by atoms with Gasteiger partial charge in [-0.25, -0.2) is 18.0 Å². The number of hydrogen-bond donors (Lipinski definition) is 0. The molecule has 0 heterocycles. The first-order valence-electron chi connectivity index (χ1n) is 9.69. The normalized spacial score (nSPS) is 10.9. The van der Waals surface area contributed by atoms with Crippen LogP contribution >= 0.6 is 0 Å². The topological polar surface area (TPSA) is 86.7 Å². The highest BCUT2D eigenvalue weighted by molar-refractivity contribution is 7.91. The number of hydrogen-bond acceptors (Lipinski definition) is 6. The number of ether oxygens (including phenoxy) is 2. The number of carbonyl (C=O) groups is 2. The van der Waals surface area contributed by atoms with Gasteiger partial charge in [-0.2, -0.15) is 0 Å². The van der Waals surface area contributed by atoms with E-state index in [1.807, 2.05) is 0 Å². The lowest BCUT2D eigenvalue weighted by atomic mass is 10.2. The van der Waals surface area contributed by atoms with E-state index in [2.05, 4.69) is 13.2 Å². The molecule has 0 saturated carbocycles. The molecular formula is C24H26O6S. The lowest BCUT2D eigenvalue weighted by Crippen LogP contribution is -2.08. The van der Waals surface area contributed by atoms with Crippen molar-refractivity contribution in [3.05, 3.63) is 84.0 Å². The molecule has 0 saturated heterocycles. The van der Waals surface area contributed by atoms with Gasteiger partial charge >= 0.3 is 11.9 Å². The summed E-state index contributed by atoms with van der Waals surface area (Å²) in [5.41, 5.74) is 2.38. The zero-order chi connectivity index (χ0) is 23.0. The van der Waals surface area contributed by atoms with Gasteiger partial charge in [-0.1, -0.05) is 37.4 Å². The van der Waals surface area contributed by atoms with Gasteiger partial charge in [0.15, 0.2) is 0 Å². The van der Waals surface area contributed by atoms with Gasteiger partial charge in [-0.15, -0.1) is 0 Å². The summed E-state index contributed by atoms with van der Waals surface area (Å²) in [7, 11) is -3.66. The molecule has 0 radical (unpaired) electrons. The number of rotatable bonds is 10. The maximum absolute atomic E-state index is 12.9. The van der Waals surface area contributed by atoms with Crippen LogP contribution in [-0.2, 0) is 41.7 Å². The monoisotopic (exact) mass is 442 g/mol. The van der Waals surface area contributed by atoms with E-state index >= 15 is 0 Å². The van der Waals surface area contributed by atoms with Crippen molar-refractivity contribution in [1.29, 1.82) is 0 Å². The Morgan fingerprint density at radius 2 is 1.03 bits per heavy atom. The molecular weight excluding hydrogens is 416 g/mol. The Bertz CT molecular complexity index is 983. The van der Waals surface area contributed by atoms with E-state index in [0.29, 0.717) is 24.0 Å². The van der Waals surface area contributed by atoms with Gasteiger partial charge in [-0.05, 0) is 49.2 Å². The van der Waals surface area contributed by atoms with E-state index in [9.17, 15) is 18.0 Å². The number of benzene rings is 2. The van der Waals surface area contributed by atoms with Crippen LogP contribution in [0.1, 0.15) is 25.0 Å². The zero-order valence-corrected chi connectivity index (χ0v) is 18.5. The van der Waals surface area contributed by atoms with Crippen LogP contribution in [0.3, 0.4) is 0 Å². The highest BCUT2D eigenvalue weighted by atomic mass is 32.2. The smallest absolute Gasteiger partial charge is 0.333 e. The average molecular weight is 443 g/mol. The number of sulfone groups is 1. The van der Waals surface area contributed by atoms with Crippen LogP contribution < -0.4 is 0 Å². The molecule has 0 aliphatic heterocycles. The second-order valence-electron chi connectivity index (χ2n) is 7.12. The summed E-state index contributed by atoms with van der Waals surface area (Å²) in [5.74, 6) is -0.895. The summed E-state index contributed by atoms with van der Waals surface area (Å²) in [6.07, 6.45) is 0.952. The average Bonchev–Trinajstić information content (AvgIpc) is 2.74. The van der Waals surface area contributed by atoms with Crippen molar-refractivity contribution in [3.8, 4) is 0 Å². The molecule has 2 aromatic carbocycles. The van der Waals surface area contributed by atoms with E-state index in [0.717, 1.165) is 11.1 Å². The molecule has 0 fully saturated rings. The SMILES string of the molecule is C=C(C)C(=O)OCCc1ccc(S(=O)(=O)c2ccc(CCOC(=O)C(=C)C)cc2)cc1. The Hall–Kier alpha value is -3.19. The Labute approximate surface area is 183 Å². The van der Waals surface area contributed by atoms with E-state index in [-0.39, 0.29) is 23.0 Å². The van der Waals surface area contributed by atoms with E-state index in [4.69, 9.17) is 9.47 Å². The van der Waals surface area contributed by atoms with Gasteiger partial charge in [0, 0.05) is 24.0 Å². The summed E-state index contributed by atoms with van der Waals surface area (Å²) < 4.78 is 35.8. The fourth-order valence-electron chi connectivity index (χ4n) is 2.58. The Kier molecular flexibility index (Phi) is 8.33. The predicted octanol–water partition coefficient (Wildman–Crippen LogP) is 3.84. The number of carbonyl (C=O) groups excluding carboxylic acids is 2. The largest absolute Gasteiger partial charge is 0.462 e. The third kappa shape index (κ3) is 6.93. The first kappa shape index (κ1) is 24.1. The maximum atomic E-state index is 12.9. The molecule has 0 aliphatic carbocycles. The van der Waals surface area contributed by atoms with Crippen LogP contribution in [0.15, 0.2) is 82.6 Å². The summed E-state index contributed by atoms with van der Waals surface area (Å²) in [6, 6.07) is 13.0. The quantitative estimate of drug-likeness (QED) is 0.410. The summed E-state index contributed by atoms with van der Waals surface area (Å²) in [6.45, 7) is 10.6. The van der Waals surface area contributed by atoms with Crippen molar-refractivity contribution < 1.29 is 27.5 Å². The zero-order valence-electron chi connectivity index (χ0n) is 17.7. The summed E-state index contributed by atoms with van der Waals surface area (Å²) in [4.78, 5) is 23.1. The standard InChI is InChI=1S/C24H26O6S/c1-17(2)23(25)29-15-13-19-5-9-21(10-6-19)31(27,28)22-11-7-20(8-12-22)14-16-30-24(26)18(3)4/h5-12H,1,3,13-16H2,2,4H3. The van der Waals surface area contributed by atoms with Gasteiger partial charge in [0.2, 0.25) is 9.84 Å². The van der Waals surface area contributed by atoms with Crippen molar-refractivity contribution in [2.75, 3.05) is 13.2 Å². The molecule has 6 nitrogen and oxygen atoms in total. The molecule has 0 N–H and O–H groups in total. The molecule has 31 heavy (non-hydrogen) atoms. The molecule has 0 spiro atoms. The minimum atomic E-state index is -3.66. The molecule has 0 aliphatic rings.